The summed E-state index contributed by atoms with van der Waals surface area (Å²) in [6.45, 7) is 4.66. The molecule has 1 fully saturated rings. The third-order valence-corrected chi connectivity index (χ3v) is 3.91. The van der Waals surface area contributed by atoms with E-state index in [1.807, 2.05) is 0 Å². The molecule has 0 spiro atoms. The van der Waals surface area contributed by atoms with Crippen LogP contribution in [0.15, 0.2) is 18.3 Å². The maximum atomic E-state index is 12.8. The fourth-order valence-electron chi connectivity index (χ4n) is 2.71. The molecule has 0 saturated carbocycles. The summed E-state index contributed by atoms with van der Waals surface area (Å²) in [6.07, 6.45) is -4.96. The van der Waals surface area contributed by atoms with Gasteiger partial charge in [0.25, 0.3) is 5.91 Å². The minimum Gasteiger partial charge on any atom is -0.465 e. The minimum atomic E-state index is -4.58. The van der Waals surface area contributed by atoms with Gasteiger partial charge in [0.05, 0.1) is 18.5 Å². The molecule has 138 valence electrons. The second kappa shape index (κ2) is 6.51. The van der Waals surface area contributed by atoms with E-state index in [4.69, 9.17) is 4.74 Å². The number of rotatable bonds is 3. The Kier molecular flexibility index (Phi) is 4.94. The molecule has 1 aromatic heterocycles. The number of nitrogens with zero attached hydrogens (tertiary/aromatic N) is 3. The number of carboxylic acid groups (broad SMARTS) is 1. The predicted octanol–water partition coefficient (Wildman–Crippen LogP) is 2.57. The number of hydrogen-bond acceptors (Lipinski definition) is 4. The topological polar surface area (TPSA) is 83.0 Å². The predicted molar refractivity (Wildman–Crippen MR) is 80.9 cm³/mol. The molecule has 0 aliphatic carbocycles. The van der Waals surface area contributed by atoms with Crippen molar-refractivity contribution in [2.75, 3.05) is 18.1 Å². The first-order chi connectivity index (χ1) is 11.5. The van der Waals surface area contributed by atoms with Crippen molar-refractivity contribution in [3.8, 4) is 0 Å². The molecule has 2 heterocycles. The molecule has 1 saturated heterocycles. The van der Waals surface area contributed by atoms with E-state index < -0.39 is 35.6 Å². The van der Waals surface area contributed by atoms with Gasteiger partial charge in [0.1, 0.15) is 17.5 Å². The summed E-state index contributed by atoms with van der Waals surface area (Å²) >= 11 is 0. The second-order valence-electron chi connectivity index (χ2n) is 5.91. The highest BCUT2D eigenvalue weighted by Gasteiger charge is 2.48. The van der Waals surface area contributed by atoms with Crippen LogP contribution in [0.2, 0.25) is 0 Å². The Hall–Kier alpha value is -2.36. The van der Waals surface area contributed by atoms with Crippen molar-refractivity contribution in [2.45, 2.75) is 38.7 Å². The zero-order valence-corrected chi connectivity index (χ0v) is 13.9. The SMILES string of the molecule is CCN(C(=O)[C@H]1COC(C)(C)N1C(=O)O)c1ccc(C(F)(F)F)nc1. The molecular formula is C15H18F3N3O4. The summed E-state index contributed by atoms with van der Waals surface area (Å²) in [7, 11) is 0. The van der Waals surface area contributed by atoms with Crippen molar-refractivity contribution >= 4 is 17.7 Å². The molecule has 1 N–H and O–H groups in total. The molecule has 0 radical (unpaired) electrons. The first-order valence-corrected chi connectivity index (χ1v) is 7.50. The highest BCUT2D eigenvalue weighted by Crippen LogP contribution is 2.31. The number of halogens is 3. The van der Waals surface area contributed by atoms with E-state index in [1.54, 1.807) is 6.92 Å². The summed E-state index contributed by atoms with van der Waals surface area (Å²) in [5, 5.41) is 9.36. The van der Waals surface area contributed by atoms with Gasteiger partial charge < -0.3 is 14.7 Å². The van der Waals surface area contributed by atoms with Gasteiger partial charge in [0, 0.05) is 6.54 Å². The quantitative estimate of drug-likeness (QED) is 0.895. The van der Waals surface area contributed by atoms with E-state index in [0.29, 0.717) is 0 Å². The lowest BCUT2D eigenvalue weighted by atomic mass is 10.2. The molecular weight excluding hydrogens is 343 g/mol. The highest BCUT2D eigenvalue weighted by atomic mass is 19.4. The molecule has 0 unspecified atom stereocenters. The first kappa shape index (κ1) is 19.0. The number of carbonyl (C=O) groups excluding carboxylic acids is 1. The molecule has 0 bridgehead atoms. The number of hydrogen-bond donors (Lipinski definition) is 1. The molecule has 25 heavy (non-hydrogen) atoms. The zero-order valence-electron chi connectivity index (χ0n) is 13.9. The van der Waals surface area contributed by atoms with E-state index in [0.717, 1.165) is 23.2 Å². The molecule has 0 aromatic carbocycles. The van der Waals surface area contributed by atoms with Crippen molar-refractivity contribution in [3.05, 3.63) is 24.0 Å². The zero-order chi connectivity index (χ0) is 19.0. The maximum absolute atomic E-state index is 12.8. The number of pyridine rings is 1. The molecule has 2 rings (SSSR count). The number of likely N-dealkylation sites (N-methyl/N-ethyl adjacent to an activating group) is 1. The lowest BCUT2D eigenvalue weighted by Gasteiger charge is -2.32. The van der Waals surface area contributed by atoms with Crippen molar-refractivity contribution in [3.63, 3.8) is 0 Å². The Labute approximate surface area is 142 Å². The van der Waals surface area contributed by atoms with Crippen LogP contribution in [0.5, 0.6) is 0 Å². The molecule has 7 nitrogen and oxygen atoms in total. The van der Waals surface area contributed by atoms with Crippen LogP contribution in [0, 0.1) is 0 Å². The number of amides is 2. The van der Waals surface area contributed by atoms with Crippen LogP contribution in [-0.2, 0) is 15.7 Å². The van der Waals surface area contributed by atoms with Gasteiger partial charge in [-0.25, -0.2) is 9.78 Å². The summed E-state index contributed by atoms with van der Waals surface area (Å²) in [4.78, 5) is 29.6. The van der Waals surface area contributed by atoms with Crippen molar-refractivity contribution in [1.29, 1.82) is 0 Å². The lowest BCUT2D eigenvalue weighted by Crippen LogP contribution is -2.54. The fraction of sp³-hybridized carbons (Fsp3) is 0.533. The highest BCUT2D eigenvalue weighted by molar-refractivity contribution is 5.99. The van der Waals surface area contributed by atoms with Crippen LogP contribution in [0.4, 0.5) is 23.7 Å². The monoisotopic (exact) mass is 361 g/mol. The number of alkyl halides is 3. The minimum absolute atomic E-state index is 0.135. The van der Waals surface area contributed by atoms with E-state index >= 15 is 0 Å². The van der Waals surface area contributed by atoms with Gasteiger partial charge in [-0.15, -0.1) is 0 Å². The van der Waals surface area contributed by atoms with Crippen LogP contribution in [0.25, 0.3) is 0 Å². The first-order valence-electron chi connectivity index (χ1n) is 7.50. The van der Waals surface area contributed by atoms with Crippen molar-refractivity contribution in [1.82, 2.24) is 9.88 Å². The average molecular weight is 361 g/mol. The second-order valence-corrected chi connectivity index (χ2v) is 5.91. The summed E-state index contributed by atoms with van der Waals surface area (Å²) in [6, 6.07) is 0.813. The standard InChI is InChI=1S/C15H18F3N3O4/c1-4-20(9-5-6-11(19-7-9)15(16,17)18)12(22)10-8-25-14(2,3)21(10)13(23)24/h5-7,10H,4,8H2,1-3H3,(H,23,24)/t10-/m1/s1. The van der Waals surface area contributed by atoms with E-state index in [-0.39, 0.29) is 18.8 Å². The molecule has 2 amide bonds. The molecule has 1 aliphatic rings. The number of aromatic nitrogens is 1. The normalized spacial score (nSPS) is 19.8. The Balaban J connectivity index is 2.28. The van der Waals surface area contributed by atoms with Crippen LogP contribution >= 0.6 is 0 Å². The van der Waals surface area contributed by atoms with Crippen LogP contribution in [-0.4, -0.2) is 51.9 Å². The van der Waals surface area contributed by atoms with Crippen LogP contribution in [0.1, 0.15) is 26.5 Å². The van der Waals surface area contributed by atoms with E-state index in [2.05, 4.69) is 4.98 Å². The van der Waals surface area contributed by atoms with Gasteiger partial charge in [0.2, 0.25) is 0 Å². The Morgan fingerprint density at radius 2 is 2.08 bits per heavy atom. The number of carbonyl (C=O) groups is 2. The molecule has 1 atom stereocenters. The molecule has 10 heteroatoms. The van der Waals surface area contributed by atoms with Gasteiger partial charge in [-0.05, 0) is 32.9 Å². The third-order valence-electron chi connectivity index (χ3n) is 3.91. The van der Waals surface area contributed by atoms with E-state index in [1.165, 1.54) is 18.7 Å². The average Bonchev–Trinajstić information content (AvgIpc) is 2.83. The summed E-state index contributed by atoms with van der Waals surface area (Å²) in [5.41, 5.74) is -2.10. The van der Waals surface area contributed by atoms with Gasteiger partial charge in [-0.1, -0.05) is 0 Å². The molecule has 1 aromatic rings. The van der Waals surface area contributed by atoms with Crippen molar-refractivity contribution < 1.29 is 32.6 Å². The van der Waals surface area contributed by atoms with Gasteiger partial charge in [0.15, 0.2) is 0 Å². The largest absolute Gasteiger partial charge is 0.465 e. The molecule has 1 aliphatic heterocycles. The number of ether oxygens (including phenoxy) is 1. The number of anilines is 1. The van der Waals surface area contributed by atoms with Gasteiger partial charge in [-0.2, -0.15) is 13.2 Å². The summed E-state index contributed by atoms with van der Waals surface area (Å²) in [5.74, 6) is -0.586. The third kappa shape index (κ3) is 3.68. The maximum Gasteiger partial charge on any atom is 0.433 e. The van der Waals surface area contributed by atoms with Gasteiger partial charge in [-0.3, -0.25) is 9.69 Å². The van der Waals surface area contributed by atoms with Crippen LogP contribution < -0.4 is 4.90 Å². The fourth-order valence-corrected chi connectivity index (χ4v) is 2.71. The Morgan fingerprint density at radius 3 is 2.52 bits per heavy atom. The lowest BCUT2D eigenvalue weighted by molar-refractivity contribution is -0.141. The van der Waals surface area contributed by atoms with Gasteiger partial charge >= 0.3 is 12.3 Å². The van der Waals surface area contributed by atoms with E-state index in [9.17, 15) is 27.9 Å². The Morgan fingerprint density at radius 1 is 1.44 bits per heavy atom. The Bertz CT molecular complexity index is 661. The smallest absolute Gasteiger partial charge is 0.433 e. The summed E-state index contributed by atoms with van der Waals surface area (Å²) < 4.78 is 43.2. The van der Waals surface area contributed by atoms with Crippen LogP contribution in [0.3, 0.4) is 0 Å². The van der Waals surface area contributed by atoms with Crippen molar-refractivity contribution in [2.24, 2.45) is 0 Å².